The molecule has 1 saturated heterocycles. The molecule has 2 aromatic carbocycles. The van der Waals surface area contributed by atoms with Crippen molar-refractivity contribution in [3.63, 3.8) is 0 Å². The van der Waals surface area contributed by atoms with E-state index >= 15 is 0 Å². The van der Waals surface area contributed by atoms with Crippen molar-refractivity contribution < 1.29 is 22.7 Å². The summed E-state index contributed by atoms with van der Waals surface area (Å²) < 4.78 is 41.2. The highest BCUT2D eigenvalue weighted by molar-refractivity contribution is 6.03. The summed E-state index contributed by atoms with van der Waals surface area (Å²) in [6.45, 7) is 6.16. The number of benzene rings is 2. The van der Waals surface area contributed by atoms with E-state index in [-0.39, 0.29) is 17.2 Å². The van der Waals surface area contributed by atoms with E-state index in [1.807, 2.05) is 18.2 Å². The molecule has 9 heteroatoms. The zero-order valence-electron chi connectivity index (χ0n) is 18.8. The molecule has 1 fully saturated rings. The lowest BCUT2D eigenvalue weighted by atomic mass is 10.0. The highest BCUT2D eigenvalue weighted by atomic mass is 19.4. The molecule has 0 bridgehead atoms. The number of rotatable bonds is 6. The smallest absolute Gasteiger partial charge is 0.406 e. The number of hydrogen-bond acceptors (Lipinski definition) is 5. The third kappa shape index (κ3) is 5.85. The second kappa shape index (κ2) is 9.34. The molecule has 178 valence electrons. The molecule has 1 aliphatic heterocycles. The summed E-state index contributed by atoms with van der Waals surface area (Å²) in [5.41, 5.74) is 2.17. The van der Waals surface area contributed by atoms with E-state index in [2.05, 4.69) is 38.7 Å². The lowest BCUT2D eigenvalue weighted by molar-refractivity contribution is -0.274. The topological polar surface area (TPSA) is 57.7 Å². The molecule has 1 aliphatic rings. The number of halogens is 3. The average molecular weight is 470 g/mol. The Hall–Kier alpha value is -3.59. The van der Waals surface area contributed by atoms with Gasteiger partial charge in [-0.05, 0) is 67.9 Å². The van der Waals surface area contributed by atoms with Crippen LogP contribution in [0.2, 0.25) is 0 Å². The first kappa shape index (κ1) is 23.6. The minimum Gasteiger partial charge on any atom is -0.406 e. The molecule has 0 radical (unpaired) electrons. The van der Waals surface area contributed by atoms with Gasteiger partial charge in [0.1, 0.15) is 11.6 Å². The van der Waals surface area contributed by atoms with Crippen molar-refractivity contribution in [2.75, 3.05) is 23.4 Å². The molecule has 0 unspecified atom stereocenters. The molecule has 4 rings (SSSR count). The summed E-state index contributed by atoms with van der Waals surface area (Å²) >= 11 is 0. The maximum absolute atomic E-state index is 12.4. The number of pyridine rings is 1. The van der Waals surface area contributed by atoms with Gasteiger partial charge in [-0.15, -0.1) is 13.2 Å². The highest BCUT2D eigenvalue weighted by Crippen LogP contribution is 2.32. The molecular weight excluding hydrogens is 445 g/mol. The van der Waals surface area contributed by atoms with Gasteiger partial charge in [0.15, 0.2) is 0 Å². The maximum atomic E-state index is 12.4. The van der Waals surface area contributed by atoms with Crippen LogP contribution in [0.1, 0.15) is 29.8 Å². The van der Waals surface area contributed by atoms with E-state index < -0.39 is 6.36 Å². The van der Waals surface area contributed by atoms with Gasteiger partial charge in [-0.3, -0.25) is 9.69 Å². The van der Waals surface area contributed by atoms with E-state index in [9.17, 15) is 18.0 Å². The minimum absolute atomic E-state index is 0.183. The number of amides is 1. The van der Waals surface area contributed by atoms with Crippen LogP contribution in [0.4, 0.5) is 24.7 Å². The van der Waals surface area contributed by atoms with Gasteiger partial charge in [0.25, 0.3) is 5.91 Å². The zero-order valence-corrected chi connectivity index (χ0v) is 18.8. The summed E-state index contributed by atoms with van der Waals surface area (Å²) in [6, 6.07) is 18.6. The summed E-state index contributed by atoms with van der Waals surface area (Å²) in [4.78, 5) is 21.1. The number of aromatic nitrogens is 1. The molecule has 3 aromatic rings. The Morgan fingerprint density at radius 2 is 1.79 bits per heavy atom. The number of nitrogens with one attached hydrogen (secondary N) is 1. The van der Waals surface area contributed by atoms with E-state index in [0.29, 0.717) is 31.1 Å². The predicted molar refractivity (Wildman–Crippen MR) is 124 cm³/mol. The Balaban J connectivity index is 1.42. The van der Waals surface area contributed by atoms with Crippen molar-refractivity contribution >= 4 is 17.4 Å². The largest absolute Gasteiger partial charge is 0.573 e. The SMILES string of the molecule is CC1(C)CN(c2ccc(OC(F)(F)F)cc2)CN1Cc1ccnc(NC(=O)c2ccccc2)c1. The van der Waals surface area contributed by atoms with Crippen LogP contribution < -0.4 is 15.0 Å². The fourth-order valence-corrected chi connectivity index (χ4v) is 3.95. The monoisotopic (exact) mass is 470 g/mol. The first-order chi connectivity index (χ1) is 16.1. The second-order valence-corrected chi connectivity index (χ2v) is 8.76. The van der Waals surface area contributed by atoms with E-state index in [1.54, 1.807) is 42.6 Å². The molecule has 0 saturated carbocycles. The number of ether oxygens (including phenoxy) is 1. The van der Waals surface area contributed by atoms with Crippen LogP contribution in [0.15, 0.2) is 72.9 Å². The lowest BCUT2D eigenvalue weighted by Gasteiger charge is -2.29. The highest BCUT2D eigenvalue weighted by Gasteiger charge is 2.37. The first-order valence-electron chi connectivity index (χ1n) is 10.8. The van der Waals surface area contributed by atoms with Gasteiger partial charge in [-0.25, -0.2) is 4.98 Å². The van der Waals surface area contributed by atoms with Gasteiger partial charge in [0.2, 0.25) is 0 Å². The Kier molecular flexibility index (Phi) is 6.47. The van der Waals surface area contributed by atoms with Gasteiger partial charge >= 0.3 is 6.36 Å². The Bertz CT molecular complexity index is 1130. The number of nitrogens with zero attached hydrogens (tertiary/aromatic N) is 3. The third-order valence-corrected chi connectivity index (χ3v) is 5.69. The van der Waals surface area contributed by atoms with Crippen LogP contribution in [0, 0.1) is 0 Å². The summed E-state index contributed by atoms with van der Waals surface area (Å²) in [7, 11) is 0. The molecule has 2 heterocycles. The Morgan fingerprint density at radius 3 is 2.47 bits per heavy atom. The number of anilines is 2. The fourth-order valence-electron chi connectivity index (χ4n) is 3.95. The summed E-state index contributed by atoms with van der Waals surface area (Å²) in [6.07, 6.45) is -3.05. The number of hydrogen-bond donors (Lipinski definition) is 1. The molecular formula is C25H25F3N4O2. The van der Waals surface area contributed by atoms with Gasteiger partial charge in [-0.1, -0.05) is 18.2 Å². The predicted octanol–water partition coefficient (Wildman–Crippen LogP) is 5.29. The lowest BCUT2D eigenvalue weighted by Crippen LogP contribution is -2.39. The van der Waals surface area contributed by atoms with Crippen LogP contribution >= 0.6 is 0 Å². The van der Waals surface area contributed by atoms with E-state index in [0.717, 1.165) is 11.3 Å². The molecule has 0 spiro atoms. The molecule has 0 aliphatic carbocycles. The van der Waals surface area contributed by atoms with Crippen LogP contribution in [-0.2, 0) is 6.54 Å². The summed E-state index contributed by atoms with van der Waals surface area (Å²) in [5.74, 6) is 0.00442. The molecule has 1 aromatic heterocycles. The third-order valence-electron chi connectivity index (χ3n) is 5.69. The Morgan fingerprint density at radius 1 is 1.09 bits per heavy atom. The normalized spacial score (nSPS) is 15.9. The fraction of sp³-hybridized carbons (Fsp3) is 0.280. The molecule has 1 N–H and O–H groups in total. The van der Waals surface area contributed by atoms with E-state index in [1.165, 1.54) is 12.1 Å². The summed E-state index contributed by atoms with van der Waals surface area (Å²) in [5, 5.41) is 2.83. The van der Waals surface area contributed by atoms with Crippen LogP contribution in [0.3, 0.4) is 0 Å². The van der Waals surface area contributed by atoms with Crippen molar-refractivity contribution in [2.45, 2.75) is 32.3 Å². The Labute approximate surface area is 196 Å². The van der Waals surface area contributed by atoms with Gasteiger partial charge in [0.05, 0.1) is 6.67 Å². The van der Waals surface area contributed by atoms with Crippen molar-refractivity contribution in [2.24, 2.45) is 0 Å². The van der Waals surface area contributed by atoms with E-state index in [4.69, 9.17) is 0 Å². The van der Waals surface area contributed by atoms with Crippen molar-refractivity contribution in [1.82, 2.24) is 9.88 Å². The maximum Gasteiger partial charge on any atom is 0.573 e. The number of alkyl halides is 3. The standard InChI is InChI=1S/C25H25F3N4O2/c1-24(2)16-31(20-8-10-21(11-9-20)34-25(26,27)28)17-32(24)15-18-12-13-29-22(14-18)30-23(33)19-6-4-3-5-7-19/h3-14H,15-17H2,1-2H3,(H,29,30,33). The first-order valence-corrected chi connectivity index (χ1v) is 10.8. The second-order valence-electron chi connectivity index (χ2n) is 8.76. The molecule has 1 amide bonds. The zero-order chi connectivity index (χ0) is 24.3. The molecule has 34 heavy (non-hydrogen) atoms. The quantitative estimate of drug-likeness (QED) is 0.531. The molecule has 6 nitrogen and oxygen atoms in total. The van der Waals surface area contributed by atoms with Crippen LogP contribution in [-0.4, -0.2) is 40.9 Å². The average Bonchev–Trinajstić information content (AvgIpc) is 3.08. The van der Waals surface area contributed by atoms with Crippen molar-refractivity contribution in [3.8, 4) is 5.75 Å². The minimum atomic E-state index is -4.71. The van der Waals surface area contributed by atoms with Gasteiger partial charge in [0, 0.05) is 36.1 Å². The van der Waals surface area contributed by atoms with Crippen molar-refractivity contribution in [3.05, 3.63) is 84.1 Å². The number of carbonyl (C=O) groups excluding carboxylic acids is 1. The number of carbonyl (C=O) groups is 1. The van der Waals surface area contributed by atoms with Crippen LogP contribution in [0.25, 0.3) is 0 Å². The van der Waals surface area contributed by atoms with Crippen LogP contribution in [0.5, 0.6) is 5.75 Å². The van der Waals surface area contributed by atoms with Crippen molar-refractivity contribution in [1.29, 1.82) is 0 Å². The van der Waals surface area contributed by atoms with Gasteiger partial charge < -0.3 is 15.0 Å². The molecule has 0 atom stereocenters. The van der Waals surface area contributed by atoms with Gasteiger partial charge in [-0.2, -0.15) is 0 Å².